The van der Waals surface area contributed by atoms with Crippen LogP contribution in [0.5, 0.6) is 0 Å². The summed E-state index contributed by atoms with van der Waals surface area (Å²) in [6, 6.07) is 0. The molecule has 1 N–H and O–H groups in total. The lowest BCUT2D eigenvalue weighted by Gasteiger charge is -2.35. The van der Waals surface area contributed by atoms with Crippen LogP contribution in [-0.4, -0.2) is 38.9 Å². The van der Waals surface area contributed by atoms with Gasteiger partial charge in [-0.25, -0.2) is 0 Å². The van der Waals surface area contributed by atoms with Crippen LogP contribution in [0.25, 0.3) is 0 Å². The van der Waals surface area contributed by atoms with Crippen LogP contribution >= 0.6 is 0 Å². The van der Waals surface area contributed by atoms with Crippen molar-refractivity contribution >= 4 is 5.97 Å². The predicted octanol–water partition coefficient (Wildman–Crippen LogP) is 1.59. The molecule has 0 radical (unpaired) electrons. The number of carbonyl (C=O) groups excluding carboxylic acids is 1. The highest BCUT2D eigenvalue weighted by molar-refractivity contribution is 5.76. The number of ether oxygens (including phenoxy) is 2. The van der Waals surface area contributed by atoms with E-state index < -0.39 is 0 Å². The third kappa shape index (κ3) is 3.23. The second-order valence-corrected chi connectivity index (χ2v) is 6.09. The fourth-order valence-corrected chi connectivity index (χ4v) is 2.73. The van der Waals surface area contributed by atoms with E-state index in [1.807, 2.05) is 13.8 Å². The lowest BCUT2D eigenvalue weighted by Crippen LogP contribution is -2.43. The smallest absolute Gasteiger partial charge is 0.311 e. The van der Waals surface area contributed by atoms with Gasteiger partial charge in [-0.3, -0.25) is 4.79 Å². The summed E-state index contributed by atoms with van der Waals surface area (Å²) in [4.78, 5) is 12.2. The quantitative estimate of drug-likeness (QED) is 0.775. The normalized spacial score (nSPS) is 29.2. The van der Waals surface area contributed by atoms with E-state index in [1.165, 1.54) is 0 Å². The van der Waals surface area contributed by atoms with Crippen molar-refractivity contribution in [3.8, 4) is 0 Å². The molecule has 104 valence electrons. The lowest BCUT2D eigenvalue weighted by molar-refractivity contribution is -0.159. The molecule has 2 aliphatic rings. The number of rotatable bonds is 4. The molecule has 4 heteroatoms. The number of hydrogen-bond donors (Lipinski definition) is 1. The zero-order valence-electron chi connectivity index (χ0n) is 11.5. The highest BCUT2D eigenvalue weighted by Crippen LogP contribution is 2.33. The van der Waals surface area contributed by atoms with E-state index in [4.69, 9.17) is 9.47 Å². The van der Waals surface area contributed by atoms with Gasteiger partial charge in [-0.1, -0.05) is 0 Å². The lowest BCUT2D eigenvalue weighted by atomic mass is 9.75. The molecule has 0 amide bonds. The monoisotopic (exact) mass is 255 g/mol. The highest BCUT2D eigenvalue weighted by atomic mass is 16.5. The molecular formula is C14H25NO3. The summed E-state index contributed by atoms with van der Waals surface area (Å²) >= 11 is 0. The summed E-state index contributed by atoms with van der Waals surface area (Å²) in [7, 11) is 0. The highest BCUT2D eigenvalue weighted by Gasteiger charge is 2.39. The van der Waals surface area contributed by atoms with Gasteiger partial charge in [-0.15, -0.1) is 0 Å². The predicted molar refractivity (Wildman–Crippen MR) is 69.3 cm³/mol. The van der Waals surface area contributed by atoms with Crippen molar-refractivity contribution in [2.24, 2.45) is 17.3 Å². The number of esters is 1. The Morgan fingerprint density at radius 2 is 2.28 bits per heavy atom. The minimum Gasteiger partial charge on any atom is -0.465 e. The molecule has 2 rings (SSSR count). The molecule has 0 saturated carbocycles. The number of hydrogen-bond acceptors (Lipinski definition) is 4. The first-order valence-electron chi connectivity index (χ1n) is 7.06. The van der Waals surface area contributed by atoms with Gasteiger partial charge >= 0.3 is 5.97 Å². The SMILES string of the molecule is CC(C)(C(=O)OCC1CCOC1)C1CCCNC1. The fourth-order valence-electron chi connectivity index (χ4n) is 2.73. The molecule has 2 aliphatic heterocycles. The van der Waals surface area contributed by atoms with Crippen LogP contribution in [0.2, 0.25) is 0 Å². The Bertz CT molecular complexity index is 279. The third-order valence-electron chi connectivity index (χ3n) is 4.32. The van der Waals surface area contributed by atoms with Gasteiger partial charge in [0.05, 0.1) is 18.6 Å². The van der Waals surface area contributed by atoms with Crippen molar-refractivity contribution in [1.29, 1.82) is 0 Å². The van der Waals surface area contributed by atoms with Gasteiger partial charge in [0, 0.05) is 12.5 Å². The van der Waals surface area contributed by atoms with E-state index >= 15 is 0 Å². The fraction of sp³-hybridized carbons (Fsp3) is 0.929. The molecule has 0 aromatic rings. The van der Waals surface area contributed by atoms with Crippen molar-refractivity contribution in [3.05, 3.63) is 0 Å². The Balaban J connectivity index is 1.81. The molecule has 0 aromatic carbocycles. The van der Waals surface area contributed by atoms with Gasteiger partial charge in [0.15, 0.2) is 0 Å². The molecular weight excluding hydrogens is 230 g/mol. The van der Waals surface area contributed by atoms with Crippen LogP contribution in [0.4, 0.5) is 0 Å². The van der Waals surface area contributed by atoms with Gasteiger partial charge in [0.2, 0.25) is 0 Å². The van der Waals surface area contributed by atoms with E-state index in [0.29, 0.717) is 18.4 Å². The minimum absolute atomic E-state index is 0.0527. The first-order valence-corrected chi connectivity index (χ1v) is 7.06. The molecule has 2 unspecified atom stereocenters. The summed E-state index contributed by atoms with van der Waals surface area (Å²) in [6.07, 6.45) is 3.28. The molecule has 0 aliphatic carbocycles. The first-order chi connectivity index (χ1) is 8.60. The molecule has 4 nitrogen and oxygen atoms in total. The summed E-state index contributed by atoms with van der Waals surface area (Å²) < 4.78 is 10.8. The van der Waals surface area contributed by atoms with Crippen LogP contribution < -0.4 is 5.32 Å². The van der Waals surface area contributed by atoms with Gasteiger partial charge in [-0.2, -0.15) is 0 Å². The summed E-state index contributed by atoms with van der Waals surface area (Å²) in [5.41, 5.74) is -0.382. The molecule has 2 saturated heterocycles. The topological polar surface area (TPSA) is 47.6 Å². The summed E-state index contributed by atoms with van der Waals surface area (Å²) in [6.45, 7) is 8.07. The molecule has 2 fully saturated rings. The maximum absolute atomic E-state index is 12.2. The molecule has 2 heterocycles. The Hall–Kier alpha value is -0.610. The Morgan fingerprint density at radius 1 is 1.44 bits per heavy atom. The first kappa shape index (κ1) is 13.8. The number of nitrogens with one attached hydrogen (secondary N) is 1. The molecule has 0 spiro atoms. The Kier molecular flexibility index (Phi) is 4.62. The second-order valence-electron chi connectivity index (χ2n) is 6.09. The molecule has 0 aromatic heterocycles. The van der Waals surface area contributed by atoms with Crippen LogP contribution in [0.15, 0.2) is 0 Å². The van der Waals surface area contributed by atoms with Gasteiger partial charge in [0.1, 0.15) is 0 Å². The van der Waals surface area contributed by atoms with Crippen LogP contribution in [0.1, 0.15) is 33.1 Å². The van der Waals surface area contributed by atoms with Gasteiger partial charge < -0.3 is 14.8 Å². The average molecular weight is 255 g/mol. The van der Waals surface area contributed by atoms with E-state index in [1.54, 1.807) is 0 Å². The maximum Gasteiger partial charge on any atom is 0.311 e. The van der Waals surface area contributed by atoms with Crippen molar-refractivity contribution in [3.63, 3.8) is 0 Å². The van der Waals surface area contributed by atoms with Crippen molar-refractivity contribution in [2.75, 3.05) is 32.9 Å². The molecule has 2 atom stereocenters. The van der Waals surface area contributed by atoms with E-state index in [-0.39, 0.29) is 11.4 Å². The third-order valence-corrected chi connectivity index (χ3v) is 4.32. The van der Waals surface area contributed by atoms with Crippen LogP contribution in [-0.2, 0) is 14.3 Å². The molecule has 18 heavy (non-hydrogen) atoms. The molecule has 0 bridgehead atoms. The van der Waals surface area contributed by atoms with Crippen molar-refractivity contribution < 1.29 is 14.3 Å². The van der Waals surface area contributed by atoms with Crippen molar-refractivity contribution in [2.45, 2.75) is 33.1 Å². The Labute approximate surface area is 109 Å². The zero-order chi connectivity index (χ0) is 13.0. The zero-order valence-corrected chi connectivity index (χ0v) is 11.5. The number of carbonyl (C=O) groups is 1. The van der Waals surface area contributed by atoms with E-state index in [0.717, 1.165) is 45.6 Å². The van der Waals surface area contributed by atoms with Crippen LogP contribution in [0.3, 0.4) is 0 Å². The van der Waals surface area contributed by atoms with Crippen LogP contribution in [0, 0.1) is 17.3 Å². The average Bonchev–Trinajstić information content (AvgIpc) is 2.90. The van der Waals surface area contributed by atoms with E-state index in [9.17, 15) is 4.79 Å². The minimum atomic E-state index is -0.382. The van der Waals surface area contributed by atoms with E-state index in [2.05, 4.69) is 5.32 Å². The van der Waals surface area contributed by atoms with Gasteiger partial charge in [0.25, 0.3) is 0 Å². The Morgan fingerprint density at radius 3 is 2.89 bits per heavy atom. The van der Waals surface area contributed by atoms with Crippen molar-refractivity contribution in [1.82, 2.24) is 5.32 Å². The summed E-state index contributed by atoms with van der Waals surface area (Å²) in [5.74, 6) is 0.732. The standard InChI is InChI=1S/C14H25NO3/c1-14(2,12-4-3-6-15-8-12)13(16)18-10-11-5-7-17-9-11/h11-12,15H,3-10H2,1-2H3. The largest absolute Gasteiger partial charge is 0.465 e. The maximum atomic E-state index is 12.2. The second kappa shape index (κ2) is 6.02. The van der Waals surface area contributed by atoms with Gasteiger partial charge in [-0.05, 0) is 52.1 Å². The number of piperidine rings is 1. The summed E-state index contributed by atoms with van der Waals surface area (Å²) in [5, 5.41) is 3.37.